The molecule has 13 heteroatoms. The van der Waals surface area contributed by atoms with Crippen molar-refractivity contribution in [1.82, 2.24) is 20.2 Å². The van der Waals surface area contributed by atoms with Crippen LogP contribution < -0.4 is 14.2 Å². The number of ether oxygens (including phenoxy) is 2. The molecule has 0 amide bonds. The minimum absolute atomic E-state index is 0.0306. The van der Waals surface area contributed by atoms with Crippen molar-refractivity contribution in [2.24, 2.45) is 0 Å². The fraction of sp³-hybridized carbons (Fsp3) is 0.105. The zero-order valence-electron chi connectivity index (χ0n) is 16.3. The van der Waals surface area contributed by atoms with Gasteiger partial charge in [-0.15, -0.1) is 0 Å². The molecule has 0 saturated heterocycles. The molecular weight excluding hydrogens is 468 g/mol. The van der Waals surface area contributed by atoms with Gasteiger partial charge in [0.15, 0.2) is 16.4 Å². The molecule has 0 atom stereocenters. The first-order chi connectivity index (χ1) is 15.3. The fourth-order valence-corrected chi connectivity index (χ4v) is 4.24. The maximum atomic E-state index is 15.0. The zero-order valence-corrected chi connectivity index (χ0v) is 17.8. The van der Waals surface area contributed by atoms with Crippen LogP contribution in [0.3, 0.4) is 0 Å². The van der Waals surface area contributed by atoms with Gasteiger partial charge >= 0.3 is 0 Å². The Hall–Kier alpha value is -3.51. The van der Waals surface area contributed by atoms with Crippen molar-refractivity contribution in [1.29, 1.82) is 0 Å². The van der Waals surface area contributed by atoms with Crippen LogP contribution in [0.1, 0.15) is 5.56 Å². The number of anilines is 1. The molecule has 2 N–H and O–H groups in total. The van der Waals surface area contributed by atoms with E-state index in [1.807, 2.05) is 0 Å². The summed E-state index contributed by atoms with van der Waals surface area (Å²) in [6.45, 7) is -0.514. The van der Waals surface area contributed by atoms with Crippen LogP contribution in [-0.4, -0.2) is 35.7 Å². The van der Waals surface area contributed by atoms with Crippen molar-refractivity contribution in [3.05, 3.63) is 65.1 Å². The molecule has 0 saturated carbocycles. The second-order valence-corrected chi connectivity index (χ2v) is 8.51. The topological polar surface area (TPSA) is 119 Å². The number of nitrogens with zero attached hydrogens (tertiary/aromatic N) is 3. The number of aromatic amines is 1. The molecule has 1 aromatic carbocycles. The molecule has 4 rings (SSSR count). The highest BCUT2D eigenvalue weighted by Gasteiger charge is 2.24. The lowest BCUT2D eigenvalue weighted by molar-refractivity contribution is 0.292. The van der Waals surface area contributed by atoms with E-state index in [9.17, 15) is 17.2 Å². The SMILES string of the molecule is COc1ncc(Cl)cc1S(=O)(=O)Nc1ccc(F)c(COc2cnc3[nH]ncc3c2)c1F. The standard InChI is InChI=1S/C19H14ClF2N5O4S/c1-30-19-16(5-11(20)7-24-19)32(28,29)27-15-3-2-14(21)13(17(15)22)9-31-12-4-10-6-25-26-18(10)23-8-12/h2-8,27H,9H2,1H3,(H,23,25,26). The largest absolute Gasteiger partial charge is 0.487 e. The number of benzene rings is 1. The maximum Gasteiger partial charge on any atom is 0.267 e. The fourth-order valence-electron chi connectivity index (χ4n) is 2.81. The van der Waals surface area contributed by atoms with E-state index >= 15 is 0 Å². The number of aromatic nitrogens is 4. The van der Waals surface area contributed by atoms with Gasteiger partial charge in [0.1, 0.15) is 18.2 Å². The highest BCUT2D eigenvalue weighted by molar-refractivity contribution is 7.92. The molecule has 0 fully saturated rings. The summed E-state index contributed by atoms with van der Waals surface area (Å²) in [5.74, 6) is -2.04. The van der Waals surface area contributed by atoms with Crippen LogP contribution in [0.2, 0.25) is 5.02 Å². The lowest BCUT2D eigenvalue weighted by atomic mass is 10.2. The molecule has 0 aliphatic heterocycles. The van der Waals surface area contributed by atoms with Crippen LogP contribution in [0.4, 0.5) is 14.5 Å². The van der Waals surface area contributed by atoms with Crippen molar-refractivity contribution >= 4 is 38.3 Å². The summed E-state index contributed by atoms with van der Waals surface area (Å²) in [5, 5.41) is 7.17. The third-order valence-corrected chi connectivity index (χ3v) is 5.91. The summed E-state index contributed by atoms with van der Waals surface area (Å²) in [5.41, 5.74) is -0.443. The maximum absolute atomic E-state index is 15.0. The normalized spacial score (nSPS) is 11.5. The van der Waals surface area contributed by atoms with Gasteiger partial charge in [-0.25, -0.2) is 27.2 Å². The molecule has 0 bridgehead atoms. The van der Waals surface area contributed by atoms with E-state index in [0.29, 0.717) is 11.0 Å². The van der Waals surface area contributed by atoms with Gasteiger partial charge in [-0.2, -0.15) is 5.10 Å². The van der Waals surface area contributed by atoms with Gasteiger partial charge in [0.2, 0.25) is 5.88 Å². The van der Waals surface area contributed by atoms with Crippen LogP contribution >= 0.6 is 11.6 Å². The first-order valence-corrected chi connectivity index (χ1v) is 10.8. The van der Waals surface area contributed by atoms with Crippen LogP contribution in [0.5, 0.6) is 11.6 Å². The molecule has 0 aliphatic carbocycles. The van der Waals surface area contributed by atoms with Crippen LogP contribution in [-0.2, 0) is 16.6 Å². The van der Waals surface area contributed by atoms with Crippen LogP contribution in [0, 0.1) is 11.6 Å². The van der Waals surface area contributed by atoms with Crippen molar-refractivity contribution < 1.29 is 26.7 Å². The third-order valence-electron chi connectivity index (χ3n) is 4.35. The highest BCUT2D eigenvalue weighted by atomic mass is 35.5. The Morgan fingerprint density at radius 2 is 1.97 bits per heavy atom. The highest BCUT2D eigenvalue weighted by Crippen LogP contribution is 2.29. The third kappa shape index (κ3) is 4.27. The first kappa shape index (κ1) is 21.7. The summed E-state index contributed by atoms with van der Waals surface area (Å²) in [4.78, 5) is 7.44. The van der Waals surface area contributed by atoms with E-state index in [2.05, 4.69) is 24.9 Å². The summed E-state index contributed by atoms with van der Waals surface area (Å²) in [6.07, 6.45) is 4.08. The molecule has 4 aromatic rings. The van der Waals surface area contributed by atoms with Gasteiger partial charge in [-0.3, -0.25) is 9.82 Å². The number of hydrogen-bond donors (Lipinski definition) is 2. The van der Waals surface area contributed by atoms with Crippen LogP contribution in [0.15, 0.2) is 47.8 Å². The van der Waals surface area contributed by atoms with Gasteiger partial charge in [0, 0.05) is 11.6 Å². The molecule has 32 heavy (non-hydrogen) atoms. The molecule has 0 radical (unpaired) electrons. The number of fused-ring (bicyclic) bond motifs is 1. The minimum atomic E-state index is -4.36. The Kier molecular flexibility index (Phi) is 5.80. The number of halogens is 3. The molecule has 0 unspecified atom stereocenters. The van der Waals surface area contributed by atoms with E-state index in [0.717, 1.165) is 18.2 Å². The molecular formula is C19H14ClF2N5O4S. The Balaban J connectivity index is 1.61. The van der Waals surface area contributed by atoms with Crippen molar-refractivity contribution in [2.45, 2.75) is 11.5 Å². The molecule has 166 valence electrons. The molecule has 9 nitrogen and oxygen atoms in total. The lowest BCUT2D eigenvalue weighted by Crippen LogP contribution is -2.17. The number of methoxy groups -OCH3 is 1. The second kappa shape index (κ2) is 8.55. The van der Waals surface area contributed by atoms with Gasteiger partial charge < -0.3 is 9.47 Å². The number of H-pyrrole nitrogens is 1. The summed E-state index contributed by atoms with van der Waals surface area (Å²) in [7, 11) is -3.14. The van der Waals surface area contributed by atoms with E-state index in [1.54, 1.807) is 6.07 Å². The van der Waals surface area contributed by atoms with E-state index < -0.39 is 44.4 Å². The monoisotopic (exact) mass is 481 g/mol. The molecule has 3 heterocycles. The quantitative estimate of drug-likeness (QED) is 0.413. The smallest absolute Gasteiger partial charge is 0.267 e. The Bertz CT molecular complexity index is 1410. The summed E-state index contributed by atoms with van der Waals surface area (Å²) >= 11 is 5.83. The van der Waals surface area contributed by atoms with Crippen LogP contribution in [0.25, 0.3) is 11.0 Å². The molecule has 0 aliphatic rings. The first-order valence-electron chi connectivity index (χ1n) is 8.89. The second-order valence-electron chi connectivity index (χ2n) is 6.42. The number of hydrogen-bond acceptors (Lipinski definition) is 7. The lowest BCUT2D eigenvalue weighted by Gasteiger charge is -2.14. The van der Waals surface area contributed by atoms with Crippen molar-refractivity contribution in [3.63, 3.8) is 0 Å². The number of sulfonamides is 1. The average Bonchev–Trinajstić information content (AvgIpc) is 3.23. The number of rotatable bonds is 7. The summed E-state index contributed by atoms with van der Waals surface area (Å²) < 4.78 is 67.3. The Morgan fingerprint density at radius 1 is 1.16 bits per heavy atom. The Morgan fingerprint density at radius 3 is 2.75 bits per heavy atom. The number of pyridine rings is 2. The average molecular weight is 482 g/mol. The number of nitrogens with one attached hydrogen (secondary N) is 2. The predicted molar refractivity (Wildman–Crippen MR) is 111 cm³/mol. The van der Waals surface area contributed by atoms with Crippen molar-refractivity contribution in [3.8, 4) is 11.6 Å². The molecule has 3 aromatic heterocycles. The molecule has 0 spiro atoms. The zero-order chi connectivity index (χ0) is 22.9. The summed E-state index contributed by atoms with van der Waals surface area (Å²) in [6, 6.07) is 4.56. The van der Waals surface area contributed by atoms with E-state index in [-0.39, 0.29) is 16.7 Å². The van der Waals surface area contributed by atoms with Gasteiger partial charge in [0.25, 0.3) is 10.0 Å². The Labute approximate surface area is 185 Å². The van der Waals surface area contributed by atoms with E-state index in [4.69, 9.17) is 21.1 Å². The van der Waals surface area contributed by atoms with E-state index in [1.165, 1.54) is 25.7 Å². The van der Waals surface area contributed by atoms with Gasteiger partial charge in [0.05, 0.1) is 35.8 Å². The predicted octanol–water partition coefficient (Wildman–Crippen LogP) is 3.67. The van der Waals surface area contributed by atoms with Crippen molar-refractivity contribution in [2.75, 3.05) is 11.8 Å². The van der Waals surface area contributed by atoms with Gasteiger partial charge in [-0.1, -0.05) is 11.6 Å². The van der Waals surface area contributed by atoms with Gasteiger partial charge in [-0.05, 0) is 24.3 Å². The minimum Gasteiger partial charge on any atom is -0.487 e.